The SMILES string of the molecule is C(=NN(c1ccccc1)C(Oc1ccccc1)Oc1ccccc1)c1ccccc1. The lowest BCUT2D eigenvalue weighted by atomic mass is 10.2. The summed E-state index contributed by atoms with van der Waals surface area (Å²) >= 11 is 0. The fourth-order valence-corrected chi connectivity index (χ4v) is 2.85. The lowest BCUT2D eigenvalue weighted by Crippen LogP contribution is -2.41. The van der Waals surface area contributed by atoms with Crippen LogP contribution in [0.1, 0.15) is 5.56 Å². The standard InChI is InChI=1S/C26H22N2O2/c1-5-13-22(14-6-1)21-27-28(23-15-7-2-8-16-23)26(29-24-17-9-3-10-18-24)30-25-19-11-4-12-20-25/h1-21,26H. The molecule has 0 aliphatic heterocycles. The van der Waals surface area contributed by atoms with Crippen LogP contribution in [0.4, 0.5) is 5.69 Å². The highest BCUT2D eigenvalue weighted by Crippen LogP contribution is 2.23. The molecular weight excluding hydrogens is 372 g/mol. The van der Waals surface area contributed by atoms with Crippen LogP contribution in [-0.2, 0) is 0 Å². The first-order chi connectivity index (χ1) is 14.9. The summed E-state index contributed by atoms with van der Waals surface area (Å²) in [7, 11) is 0. The zero-order valence-corrected chi connectivity index (χ0v) is 16.4. The Morgan fingerprint density at radius 2 is 1.00 bits per heavy atom. The van der Waals surface area contributed by atoms with E-state index in [0.29, 0.717) is 11.5 Å². The number of hydrogen-bond donors (Lipinski definition) is 0. The van der Waals surface area contributed by atoms with Crippen molar-refractivity contribution in [2.75, 3.05) is 5.01 Å². The second kappa shape index (κ2) is 9.94. The van der Waals surface area contributed by atoms with E-state index in [0.717, 1.165) is 11.3 Å². The Hall–Kier alpha value is -4.05. The molecule has 4 nitrogen and oxygen atoms in total. The zero-order valence-electron chi connectivity index (χ0n) is 16.4. The van der Waals surface area contributed by atoms with Gasteiger partial charge >= 0.3 is 6.41 Å². The van der Waals surface area contributed by atoms with Crippen molar-refractivity contribution in [3.8, 4) is 11.5 Å². The number of para-hydroxylation sites is 3. The molecular formula is C26H22N2O2. The summed E-state index contributed by atoms with van der Waals surface area (Å²) < 4.78 is 12.4. The van der Waals surface area contributed by atoms with Gasteiger partial charge in [-0.15, -0.1) is 0 Å². The van der Waals surface area contributed by atoms with Crippen LogP contribution in [0.3, 0.4) is 0 Å². The summed E-state index contributed by atoms with van der Waals surface area (Å²) in [6, 6.07) is 38.9. The molecule has 0 aliphatic carbocycles. The summed E-state index contributed by atoms with van der Waals surface area (Å²) in [6.45, 7) is 0. The van der Waals surface area contributed by atoms with Crippen LogP contribution in [0.5, 0.6) is 11.5 Å². The van der Waals surface area contributed by atoms with Gasteiger partial charge in [0, 0.05) is 0 Å². The molecule has 30 heavy (non-hydrogen) atoms. The third-order valence-electron chi connectivity index (χ3n) is 4.31. The summed E-state index contributed by atoms with van der Waals surface area (Å²) in [5.41, 5.74) is 1.83. The van der Waals surface area contributed by atoms with Crippen molar-refractivity contribution in [2.45, 2.75) is 6.41 Å². The molecule has 0 atom stereocenters. The number of anilines is 1. The van der Waals surface area contributed by atoms with Gasteiger partial charge in [-0.3, -0.25) is 0 Å². The molecule has 0 N–H and O–H groups in total. The molecule has 0 radical (unpaired) electrons. The Balaban J connectivity index is 1.70. The van der Waals surface area contributed by atoms with Gasteiger partial charge in [-0.05, 0) is 42.0 Å². The van der Waals surface area contributed by atoms with Crippen molar-refractivity contribution >= 4 is 11.9 Å². The zero-order chi connectivity index (χ0) is 20.4. The van der Waals surface area contributed by atoms with Gasteiger partial charge in [0.15, 0.2) is 0 Å². The minimum Gasteiger partial charge on any atom is -0.436 e. The van der Waals surface area contributed by atoms with E-state index in [1.54, 1.807) is 11.2 Å². The average Bonchev–Trinajstić information content (AvgIpc) is 2.82. The maximum atomic E-state index is 6.21. The molecule has 0 saturated carbocycles. The molecule has 0 amide bonds. The normalized spacial score (nSPS) is 10.8. The molecule has 0 saturated heterocycles. The van der Waals surface area contributed by atoms with Crippen LogP contribution in [-0.4, -0.2) is 12.6 Å². The monoisotopic (exact) mass is 394 g/mol. The van der Waals surface area contributed by atoms with Gasteiger partial charge in [0.25, 0.3) is 0 Å². The molecule has 4 aromatic carbocycles. The van der Waals surface area contributed by atoms with Gasteiger partial charge in [-0.25, -0.2) is 0 Å². The highest BCUT2D eigenvalue weighted by Gasteiger charge is 2.23. The molecule has 0 heterocycles. The molecule has 4 aromatic rings. The molecule has 0 unspecified atom stereocenters. The Morgan fingerprint density at radius 1 is 0.567 bits per heavy atom. The van der Waals surface area contributed by atoms with Gasteiger partial charge < -0.3 is 9.47 Å². The van der Waals surface area contributed by atoms with E-state index in [1.807, 2.05) is 121 Å². The Bertz CT molecular complexity index is 998. The van der Waals surface area contributed by atoms with E-state index in [1.165, 1.54) is 0 Å². The molecule has 0 aromatic heterocycles. The van der Waals surface area contributed by atoms with Crippen molar-refractivity contribution in [1.29, 1.82) is 0 Å². The molecule has 4 heteroatoms. The fourth-order valence-electron chi connectivity index (χ4n) is 2.85. The van der Waals surface area contributed by atoms with E-state index < -0.39 is 6.41 Å². The maximum Gasteiger partial charge on any atom is 0.347 e. The number of ether oxygens (including phenoxy) is 2. The molecule has 0 spiro atoms. The van der Waals surface area contributed by atoms with E-state index in [4.69, 9.17) is 14.6 Å². The van der Waals surface area contributed by atoms with E-state index in [9.17, 15) is 0 Å². The van der Waals surface area contributed by atoms with Crippen molar-refractivity contribution in [2.24, 2.45) is 5.10 Å². The Morgan fingerprint density at radius 3 is 1.50 bits per heavy atom. The van der Waals surface area contributed by atoms with Crippen LogP contribution >= 0.6 is 0 Å². The van der Waals surface area contributed by atoms with E-state index in [-0.39, 0.29) is 0 Å². The molecule has 4 rings (SSSR count). The van der Waals surface area contributed by atoms with Gasteiger partial charge in [-0.1, -0.05) is 84.9 Å². The minimum absolute atomic E-state index is 0.689. The minimum atomic E-state index is -0.808. The van der Waals surface area contributed by atoms with Crippen molar-refractivity contribution in [3.63, 3.8) is 0 Å². The van der Waals surface area contributed by atoms with Crippen LogP contribution in [0.2, 0.25) is 0 Å². The number of nitrogens with zero attached hydrogens (tertiary/aromatic N) is 2. The summed E-state index contributed by atoms with van der Waals surface area (Å²) in [4.78, 5) is 0. The van der Waals surface area contributed by atoms with Crippen LogP contribution in [0, 0.1) is 0 Å². The molecule has 0 aliphatic rings. The van der Waals surface area contributed by atoms with Gasteiger partial charge in [0.2, 0.25) is 0 Å². The third kappa shape index (κ3) is 5.26. The molecule has 0 bridgehead atoms. The smallest absolute Gasteiger partial charge is 0.347 e. The third-order valence-corrected chi connectivity index (χ3v) is 4.31. The lowest BCUT2D eigenvalue weighted by molar-refractivity contribution is 0.00384. The van der Waals surface area contributed by atoms with Crippen molar-refractivity contribution in [1.82, 2.24) is 0 Å². The van der Waals surface area contributed by atoms with E-state index >= 15 is 0 Å². The largest absolute Gasteiger partial charge is 0.436 e. The lowest BCUT2D eigenvalue weighted by Gasteiger charge is -2.29. The van der Waals surface area contributed by atoms with Crippen molar-refractivity contribution in [3.05, 3.63) is 127 Å². The Labute approximate surface area is 176 Å². The average molecular weight is 394 g/mol. The first kappa shape index (κ1) is 19.3. The molecule has 0 fully saturated rings. The predicted octanol–water partition coefficient (Wildman–Crippen LogP) is 5.97. The Kier molecular flexibility index (Phi) is 6.38. The highest BCUT2D eigenvalue weighted by atomic mass is 16.7. The van der Waals surface area contributed by atoms with Gasteiger partial charge in [-0.2, -0.15) is 10.1 Å². The number of rotatable bonds is 8. The second-order valence-corrected chi connectivity index (χ2v) is 6.50. The number of benzene rings is 4. The van der Waals surface area contributed by atoms with Crippen LogP contribution < -0.4 is 14.5 Å². The van der Waals surface area contributed by atoms with Crippen LogP contribution in [0.25, 0.3) is 0 Å². The number of hydrazone groups is 1. The van der Waals surface area contributed by atoms with Crippen LogP contribution in [0.15, 0.2) is 126 Å². The fraction of sp³-hybridized carbons (Fsp3) is 0.0385. The molecule has 148 valence electrons. The van der Waals surface area contributed by atoms with Gasteiger partial charge in [0.05, 0.1) is 11.9 Å². The van der Waals surface area contributed by atoms with E-state index in [2.05, 4.69) is 0 Å². The number of hydrogen-bond acceptors (Lipinski definition) is 4. The summed E-state index contributed by atoms with van der Waals surface area (Å²) in [6.07, 6.45) is 0.986. The van der Waals surface area contributed by atoms with Gasteiger partial charge in [0.1, 0.15) is 11.5 Å². The maximum absolute atomic E-state index is 6.21. The summed E-state index contributed by atoms with van der Waals surface area (Å²) in [5.74, 6) is 1.38. The van der Waals surface area contributed by atoms with Crippen molar-refractivity contribution < 1.29 is 9.47 Å². The topological polar surface area (TPSA) is 34.1 Å². The first-order valence-corrected chi connectivity index (χ1v) is 9.75. The predicted molar refractivity (Wildman–Crippen MR) is 121 cm³/mol. The summed E-state index contributed by atoms with van der Waals surface area (Å²) in [5, 5.41) is 6.44. The highest BCUT2D eigenvalue weighted by molar-refractivity contribution is 5.80. The second-order valence-electron chi connectivity index (χ2n) is 6.50. The quantitative estimate of drug-likeness (QED) is 0.210. The first-order valence-electron chi connectivity index (χ1n) is 9.75.